The monoisotopic (exact) mass is 518 g/mol. The third-order valence-electron chi connectivity index (χ3n) is 6.63. The maximum atomic E-state index is 13.7. The van der Waals surface area contributed by atoms with Crippen LogP contribution in [0.15, 0.2) is 65.7 Å². The lowest BCUT2D eigenvalue weighted by Gasteiger charge is -2.32. The van der Waals surface area contributed by atoms with E-state index in [1.165, 1.54) is 38.5 Å². The van der Waals surface area contributed by atoms with Crippen LogP contribution in [0.3, 0.4) is 0 Å². The number of carbonyl (C=O) groups excluding carboxylic acids is 2. The molecule has 0 radical (unpaired) electrons. The van der Waals surface area contributed by atoms with Gasteiger partial charge in [0, 0.05) is 12.1 Å². The number of methoxy groups -OCH3 is 2. The van der Waals surface area contributed by atoms with Gasteiger partial charge in [-0.05, 0) is 72.4 Å². The highest BCUT2D eigenvalue weighted by atomic mass is 16.5. The van der Waals surface area contributed by atoms with E-state index in [0.29, 0.717) is 42.0 Å². The van der Waals surface area contributed by atoms with E-state index in [2.05, 4.69) is 10.3 Å². The predicted octanol–water partition coefficient (Wildman–Crippen LogP) is 4.48. The van der Waals surface area contributed by atoms with Gasteiger partial charge in [0.1, 0.15) is 11.5 Å². The molecule has 4 rings (SSSR count). The van der Waals surface area contributed by atoms with Gasteiger partial charge in [-0.3, -0.25) is 4.79 Å². The third kappa shape index (κ3) is 6.05. The molecule has 198 valence electrons. The highest BCUT2D eigenvalue weighted by Gasteiger charge is 2.37. The van der Waals surface area contributed by atoms with Crippen LogP contribution in [-0.2, 0) is 17.6 Å². The first-order valence-corrected chi connectivity index (χ1v) is 12.2. The number of carbonyl (C=O) groups is 2. The summed E-state index contributed by atoms with van der Waals surface area (Å²) in [4.78, 5) is 30.5. The fraction of sp³-hybridized carbons (Fsp3) is 0.276. The number of nitrogens with zero attached hydrogens (tertiary/aromatic N) is 1. The molecule has 0 fully saturated rings. The van der Waals surface area contributed by atoms with Gasteiger partial charge in [0.15, 0.2) is 23.0 Å². The highest BCUT2D eigenvalue weighted by Crippen LogP contribution is 2.33. The number of phenols is 3. The molecule has 38 heavy (non-hydrogen) atoms. The zero-order chi connectivity index (χ0) is 27.2. The minimum Gasteiger partial charge on any atom is -0.508 e. The molecule has 3 aromatic rings. The van der Waals surface area contributed by atoms with Gasteiger partial charge < -0.3 is 30.1 Å². The number of Topliss-reactive ketones (excluding diaryl/α,β-unsaturated/α-hetero) is 1. The molecule has 0 bridgehead atoms. The fourth-order valence-corrected chi connectivity index (χ4v) is 4.63. The van der Waals surface area contributed by atoms with Crippen molar-refractivity contribution in [2.24, 2.45) is 10.9 Å². The van der Waals surface area contributed by atoms with Crippen LogP contribution in [0.25, 0.3) is 0 Å². The van der Waals surface area contributed by atoms with Crippen molar-refractivity contribution in [1.82, 2.24) is 5.32 Å². The van der Waals surface area contributed by atoms with Crippen molar-refractivity contribution < 1.29 is 34.4 Å². The molecular weight excluding hydrogens is 488 g/mol. The lowest BCUT2D eigenvalue weighted by atomic mass is 9.81. The van der Waals surface area contributed by atoms with E-state index in [0.717, 1.165) is 11.1 Å². The lowest BCUT2D eigenvalue weighted by molar-refractivity contribution is -0.121. The second-order valence-electron chi connectivity index (χ2n) is 9.08. The van der Waals surface area contributed by atoms with Crippen molar-refractivity contribution >= 4 is 17.5 Å². The van der Waals surface area contributed by atoms with E-state index >= 15 is 0 Å². The Morgan fingerprint density at radius 1 is 0.842 bits per heavy atom. The van der Waals surface area contributed by atoms with E-state index in [9.17, 15) is 24.9 Å². The first-order valence-electron chi connectivity index (χ1n) is 12.2. The minimum absolute atomic E-state index is 0.0187. The number of phenolic OH excluding ortho intramolecular Hbond substituents is 3. The molecule has 0 spiro atoms. The average Bonchev–Trinajstić information content (AvgIpc) is 2.92. The molecule has 0 aromatic heterocycles. The summed E-state index contributed by atoms with van der Waals surface area (Å²) in [5, 5.41) is 32.3. The maximum absolute atomic E-state index is 13.7. The number of aryl methyl sites for hydroxylation is 2. The van der Waals surface area contributed by atoms with Gasteiger partial charge in [0.25, 0.3) is 0 Å². The van der Waals surface area contributed by atoms with Crippen molar-refractivity contribution in [2.45, 2.75) is 31.7 Å². The summed E-state index contributed by atoms with van der Waals surface area (Å²) in [6.07, 6.45) is 1.41. The van der Waals surface area contributed by atoms with Crippen molar-refractivity contribution in [2.75, 3.05) is 14.2 Å². The van der Waals surface area contributed by atoms with Crippen LogP contribution in [0.5, 0.6) is 28.7 Å². The van der Waals surface area contributed by atoms with Gasteiger partial charge >= 0.3 is 6.03 Å². The molecular formula is C29H30N2O7. The zero-order valence-corrected chi connectivity index (χ0v) is 21.2. The van der Waals surface area contributed by atoms with E-state index in [4.69, 9.17) is 9.47 Å². The summed E-state index contributed by atoms with van der Waals surface area (Å²) in [5.41, 5.74) is 2.83. The highest BCUT2D eigenvalue weighted by molar-refractivity contribution is 6.11. The van der Waals surface area contributed by atoms with Crippen LogP contribution in [-0.4, -0.2) is 47.1 Å². The first-order chi connectivity index (χ1) is 18.3. The predicted molar refractivity (Wildman–Crippen MR) is 141 cm³/mol. The number of ether oxygens (including phenoxy) is 2. The number of rotatable bonds is 10. The number of nitrogens with one attached hydrogen (secondary N) is 1. The summed E-state index contributed by atoms with van der Waals surface area (Å²) in [5.74, 6) is -0.0250. The van der Waals surface area contributed by atoms with Gasteiger partial charge in [-0.15, -0.1) is 0 Å². The quantitative estimate of drug-likeness (QED) is 0.311. The Labute approximate surface area is 220 Å². The van der Waals surface area contributed by atoms with Crippen molar-refractivity contribution in [1.29, 1.82) is 0 Å². The lowest BCUT2D eigenvalue weighted by Crippen LogP contribution is -2.44. The third-order valence-corrected chi connectivity index (χ3v) is 6.63. The number of ketones is 1. The van der Waals surface area contributed by atoms with Gasteiger partial charge in [-0.1, -0.05) is 24.3 Å². The molecule has 0 aliphatic carbocycles. The maximum Gasteiger partial charge on any atom is 0.341 e. The average molecular weight is 519 g/mol. The van der Waals surface area contributed by atoms with Crippen molar-refractivity contribution in [3.63, 3.8) is 0 Å². The largest absolute Gasteiger partial charge is 0.508 e. The Hall–Kier alpha value is -4.53. The number of hydrogen-bond acceptors (Lipinski definition) is 7. The molecule has 2 atom stereocenters. The Balaban J connectivity index is 1.60. The van der Waals surface area contributed by atoms with Crippen LogP contribution < -0.4 is 14.8 Å². The molecule has 0 saturated carbocycles. The molecule has 9 heteroatoms. The van der Waals surface area contributed by atoms with E-state index in [-0.39, 0.29) is 29.5 Å². The molecule has 1 heterocycles. The molecule has 2 unspecified atom stereocenters. The smallest absolute Gasteiger partial charge is 0.341 e. The van der Waals surface area contributed by atoms with Gasteiger partial charge in [-0.25, -0.2) is 9.79 Å². The molecule has 1 aliphatic rings. The summed E-state index contributed by atoms with van der Waals surface area (Å²) in [6.45, 7) is 0. The minimum atomic E-state index is -0.713. The number of amides is 2. The van der Waals surface area contributed by atoms with Crippen molar-refractivity contribution in [3.8, 4) is 28.7 Å². The Kier molecular flexibility index (Phi) is 8.15. The van der Waals surface area contributed by atoms with Crippen LogP contribution in [0.4, 0.5) is 4.79 Å². The fourth-order valence-electron chi connectivity index (χ4n) is 4.63. The van der Waals surface area contributed by atoms with E-state index < -0.39 is 18.0 Å². The number of aliphatic imine (C=N–C) groups is 1. The van der Waals surface area contributed by atoms with Gasteiger partial charge in [-0.2, -0.15) is 0 Å². The van der Waals surface area contributed by atoms with Gasteiger partial charge in [0.05, 0.1) is 26.2 Å². The van der Waals surface area contributed by atoms with E-state index in [1.807, 2.05) is 0 Å². The number of aromatic hydroxyl groups is 3. The molecule has 1 aliphatic heterocycles. The normalized spacial score (nSPS) is 16.9. The standard InChI is InChI=1S/C29H30N2O7/c1-37-25-15-17(4-12-22(25)33)3-11-21-27(24(35)14-6-18-5-13-23(34)26(16-18)38-2)28(31-29(36)30-21)19-7-9-20(32)10-8-19/h4-5,7-10,12-13,15-16,27-28,32-34H,3,6,11,14H2,1-2H3,(H,31,36). The molecule has 3 aromatic carbocycles. The summed E-state index contributed by atoms with van der Waals surface area (Å²) in [6, 6.07) is 15.2. The SMILES string of the molecule is COc1cc(CCC(=O)C2C(CCc3ccc(O)c(OC)c3)=NC(=O)NC2c2ccc(O)cc2)ccc1O. The second-order valence-corrected chi connectivity index (χ2v) is 9.08. The van der Waals surface area contributed by atoms with Crippen LogP contribution >= 0.6 is 0 Å². The first kappa shape index (κ1) is 26.5. The zero-order valence-electron chi connectivity index (χ0n) is 21.2. The Bertz CT molecular complexity index is 1350. The number of hydrogen-bond donors (Lipinski definition) is 4. The van der Waals surface area contributed by atoms with Crippen LogP contribution in [0.1, 0.15) is 35.6 Å². The summed E-state index contributed by atoms with van der Waals surface area (Å²) >= 11 is 0. The Morgan fingerprint density at radius 3 is 2.00 bits per heavy atom. The topological polar surface area (TPSA) is 138 Å². The summed E-state index contributed by atoms with van der Waals surface area (Å²) < 4.78 is 10.4. The molecule has 2 amide bonds. The van der Waals surface area contributed by atoms with Crippen LogP contribution in [0, 0.1) is 5.92 Å². The molecule has 4 N–H and O–H groups in total. The summed E-state index contributed by atoms with van der Waals surface area (Å²) in [7, 11) is 2.93. The van der Waals surface area contributed by atoms with Crippen LogP contribution in [0.2, 0.25) is 0 Å². The van der Waals surface area contributed by atoms with Crippen molar-refractivity contribution in [3.05, 3.63) is 77.4 Å². The molecule has 9 nitrogen and oxygen atoms in total. The number of benzene rings is 3. The molecule has 0 saturated heterocycles. The Morgan fingerprint density at radius 2 is 1.42 bits per heavy atom. The second kappa shape index (κ2) is 11.7. The van der Waals surface area contributed by atoms with Gasteiger partial charge in [0.2, 0.25) is 0 Å². The number of urea groups is 1. The van der Waals surface area contributed by atoms with E-state index in [1.54, 1.807) is 36.4 Å².